The minimum atomic E-state index is 0.537. The molecule has 0 saturated heterocycles. The monoisotopic (exact) mass is 307 g/mol. The number of pyridine rings is 1. The fraction of sp³-hybridized carbons (Fsp3) is 0.471. The summed E-state index contributed by atoms with van der Waals surface area (Å²) < 4.78 is 21.5. The summed E-state index contributed by atoms with van der Waals surface area (Å²) in [7, 11) is 0. The largest absolute Gasteiger partial charge is 0.502 e. The van der Waals surface area contributed by atoms with Gasteiger partial charge in [0.2, 0.25) is 0 Å². The maximum absolute atomic E-state index is 5.71. The number of aromatic nitrogens is 1. The van der Waals surface area contributed by atoms with Crippen molar-refractivity contribution in [1.29, 1.82) is 0 Å². The number of rotatable bonds is 14. The van der Waals surface area contributed by atoms with Crippen LogP contribution in [-0.2, 0) is 9.47 Å². The average Bonchev–Trinajstić information content (AvgIpc) is 2.55. The van der Waals surface area contributed by atoms with Crippen LogP contribution in [0, 0.1) is 0 Å². The molecule has 5 heteroatoms. The summed E-state index contributed by atoms with van der Waals surface area (Å²) >= 11 is 0. The summed E-state index contributed by atoms with van der Waals surface area (Å²) in [5.41, 5.74) is 0. The highest BCUT2D eigenvalue weighted by molar-refractivity contribution is 5.32. The van der Waals surface area contributed by atoms with Crippen LogP contribution >= 0.6 is 0 Å². The van der Waals surface area contributed by atoms with E-state index >= 15 is 0 Å². The standard InChI is InChI=1S/C17H25NO4/c1-3-19-12-5-7-14-21-16-10-9-11-18-17(16)22-15-8-6-13-20-4-2/h3-4,9-11H,1-2,5-8,12-15H2. The molecular weight excluding hydrogens is 282 g/mol. The number of unbranched alkanes of at least 4 members (excludes halogenated alkanes) is 2. The van der Waals surface area contributed by atoms with Crippen LogP contribution in [0.25, 0.3) is 0 Å². The maximum atomic E-state index is 5.71. The Morgan fingerprint density at radius 2 is 1.45 bits per heavy atom. The maximum Gasteiger partial charge on any atom is 0.256 e. The van der Waals surface area contributed by atoms with E-state index in [1.54, 1.807) is 6.20 Å². The van der Waals surface area contributed by atoms with Crippen molar-refractivity contribution in [2.75, 3.05) is 26.4 Å². The molecule has 0 aliphatic carbocycles. The van der Waals surface area contributed by atoms with E-state index in [-0.39, 0.29) is 0 Å². The molecule has 0 radical (unpaired) electrons. The van der Waals surface area contributed by atoms with Gasteiger partial charge in [-0.15, -0.1) is 0 Å². The van der Waals surface area contributed by atoms with Crippen LogP contribution in [0.5, 0.6) is 11.6 Å². The molecule has 0 spiro atoms. The van der Waals surface area contributed by atoms with Crippen molar-refractivity contribution in [3.8, 4) is 11.6 Å². The van der Waals surface area contributed by atoms with Crippen molar-refractivity contribution < 1.29 is 18.9 Å². The minimum absolute atomic E-state index is 0.537. The Bertz CT molecular complexity index is 384. The van der Waals surface area contributed by atoms with Gasteiger partial charge in [-0.05, 0) is 37.8 Å². The molecule has 0 atom stereocenters. The van der Waals surface area contributed by atoms with Gasteiger partial charge in [0.05, 0.1) is 39.0 Å². The highest BCUT2D eigenvalue weighted by atomic mass is 16.5. The lowest BCUT2D eigenvalue weighted by molar-refractivity contribution is 0.211. The summed E-state index contributed by atoms with van der Waals surface area (Å²) in [4.78, 5) is 4.21. The van der Waals surface area contributed by atoms with E-state index in [0.717, 1.165) is 25.7 Å². The van der Waals surface area contributed by atoms with Gasteiger partial charge in [0.1, 0.15) is 0 Å². The quantitative estimate of drug-likeness (QED) is 0.387. The molecule has 0 aliphatic rings. The molecule has 1 heterocycles. The van der Waals surface area contributed by atoms with Gasteiger partial charge in [-0.2, -0.15) is 0 Å². The van der Waals surface area contributed by atoms with Gasteiger partial charge in [-0.1, -0.05) is 13.2 Å². The van der Waals surface area contributed by atoms with Crippen molar-refractivity contribution in [2.24, 2.45) is 0 Å². The topological polar surface area (TPSA) is 49.8 Å². The van der Waals surface area contributed by atoms with Crippen molar-refractivity contribution in [1.82, 2.24) is 4.98 Å². The number of hydrogen-bond acceptors (Lipinski definition) is 5. The van der Waals surface area contributed by atoms with E-state index < -0.39 is 0 Å². The Balaban J connectivity index is 2.23. The smallest absolute Gasteiger partial charge is 0.256 e. The van der Waals surface area contributed by atoms with Crippen molar-refractivity contribution >= 4 is 0 Å². The molecule has 1 aromatic rings. The van der Waals surface area contributed by atoms with Gasteiger partial charge in [0.25, 0.3) is 5.88 Å². The van der Waals surface area contributed by atoms with Crippen LogP contribution in [0.15, 0.2) is 44.0 Å². The van der Waals surface area contributed by atoms with Crippen molar-refractivity contribution in [3.63, 3.8) is 0 Å². The van der Waals surface area contributed by atoms with Crippen LogP contribution < -0.4 is 9.47 Å². The zero-order chi connectivity index (χ0) is 15.9. The van der Waals surface area contributed by atoms with E-state index in [1.807, 2.05) is 12.1 Å². The molecule has 1 rings (SSSR count). The summed E-state index contributed by atoms with van der Waals surface area (Å²) in [5, 5.41) is 0. The van der Waals surface area contributed by atoms with Crippen LogP contribution in [0.3, 0.4) is 0 Å². The highest BCUT2D eigenvalue weighted by Crippen LogP contribution is 2.23. The molecule has 0 fully saturated rings. The second kappa shape index (κ2) is 12.6. The van der Waals surface area contributed by atoms with Crippen molar-refractivity contribution in [3.05, 3.63) is 44.0 Å². The van der Waals surface area contributed by atoms with Gasteiger partial charge in [0.15, 0.2) is 5.75 Å². The van der Waals surface area contributed by atoms with Gasteiger partial charge in [0, 0.05) is 6.20 Å². The fourth-order valence-electron chi connectivity index (χ4n) is 1.69. The third-order valence-electron chi connectivity index (χ3n) is 2.78. The molecule has 1 aromatic heterocycles. The predicted octanol–water partition coefficient (Wildman–Crippen LogP) is 3.72. The zero-order valence-electron chi connectivity index (χ0n) is 13.0. The molecule has 0 aromatic carbocycles. The van der Waals surface area contributed by atoms with E-state index in [1.165, 1.54) is 12.5 Å². The molecular formula is C17H25NO4. The summed E-state index contributed by atoms with van der Waals surface area (Å²) in [6, 6.07) is 3.70. The number of ether oxygens (including phenoxy) is 4. The van der Waals surface area contributed by atoms with Gasteiger partial charge < -0.3 is 18.9 Å². The first kappa shape index (κ1) is 17.9. The minimum Gasteiger partial charge on any atom is -0.502 e. The normalized spacial score (nSPS) is 9.82. The third kappa shape index (κ3) is 8.19. The second-order valence-corrected chi connectivity index (χ2v) is 4.49. The Kier molecular flexibility index (Phi) is 10.2. The van der Waals surface area contributed by atoms with E-state index in [2.05, 4.69) is 18.1 Å². The van der Waals surface area contributed by atoms with Gasteiger partial charge >= 0.3 is 0 Å². The van der Waals surface area contributed by atoms with E-state index in [0.29, 0.717) is 38.1 Å². The van der Waals surface area contributed by atoms with E-state index in [4.69, 9.17) is 18.9 Å². The van der Waals surface area contributed by atoms with Crippen LogP contribution in [0.1, 0.15) is 25.7 Å². The Hall–Kier alpha value is -2.17. The predicted molar refractivity (Wildman–Crippen MR) is 86.0 cm³/mol. The van der Waals surface area contributed by atoms with Crippen LogP contribution in [0.4, 0.5) is 0 Å². The summed E-state index contributed by atoms with van der Waals surface area (Å²) in [6.07, 6.45) is 8.23. The molecule has 0 unspecified atom stereocenters. The molecule has 0 bridgehead atoms. The molecule has 122 valence electrons. The Morgan fingerprint density at radius 3 is 2.09 bits per heavy atom. The molecule has 22 heavy (non-hydrogen) atoms. The first-order valence-corrected chi connectivity index (χ1v) is 7.54. The second-order valence-electron chi connectivity index (χ2n) is 4.49. The fourth-order valence-corrected chi connectivity index (χ4v) is 1.69. The summed E-state index contributed by atoms with van der Waals surface area (Å²) in [6.45, 7) is 9.51. The van der Waals surface area contributed by atoms with Gasteiger partial charge in [-0.25, -0.2) is 4.98 Å². The lowest BCUT2D eigenvalue weighted by atomic mass is 10.3. The third-order valence-corrected chi connectivity index (χ3v) is 2.78. The number of hydrogen-bond donors (Lipinski definition) is 0. The first-order chi connectivity index (χ1) is 10.9. The van der Waals surface area contributed by atoms with Crippen LogP contribution in [-0.4, -0.2) is 31.4 Å². The van der Waals surface area contributed by atoms with Gasteiger partial charge in [-0.3, -0.25) is 0 Å². The Morgan fingerprint density at radius 1 is 0.864 bits per heavy atom. The highest BCUT2D eigenvalue weighted by Gasteiger charge is 2.05. The summed E-state index contributed by atoms with van der Waals surface area (Å²) in [5.74, 6) is 1.21. The number of nitrogens with zero attached hydrogens (tertiary/aromatic N) is 1. The molecule has 0 amide bonds. The lowest BCUT2D eigenvalue weighted by Gasteiger charge is -2.11. The molecule has 0 aliphatic heterocycles. The average molecular weight is 307 g/mol. The zero-order valence-corrected chi connectivity index (χ0v) is 13.0. The van der Waals surface area contributed by atoms with E-state index in [9.17, 15) is 0 Å². The molecule has 0 N–H and O–H groups in total. The molecule has 0 saturated carbocycles. The van der Waals surface area contributed by atoms with Crippen molar-refractivity contribution in [2.45, 2.75) is 25.7 Å². The first-order valence-electron chi connectivity index (χ1n) is 7.54. The van der Waals surface area contributed by atoms with Crippen LogP contribution in [0.2, 0.25) is 0 Å². The Labute approximate surface area is 132 Å². The lowest BCUT2D eigenvalue weighted by Crippen LogP contribution is -2.05. The molecule has 5 nitrogen and oxygen atoms in total. The SMILES string of the molecule is C=COCCCCOc1cccnc1OCCCCOC=C.